The Morgan fingerprint density at radius 1 is 1.28 bits per heavy atom. The van der Waals surface area contributed by atoms with E-state index in [0.717, 1.165) is 28.1 Å². The van der Waals surface area contributed by atoms with E-state index in [-0.39, 0.29) is 17.8 Å². The van der Waals surface area contributed by atoms with Gasteiger partial charge in [-0.1, -0.05) is 23.8 Å². The van der Waals surface area contributed by atoms with Crippen LogP contribution in [0.3, 0.4) is 0 Å². The van der Waals surface area contributed by atoms with Crippen molar-refractivity contribution in [3.63, 3.8) is 0 Å². The van der Waals surface area contributed by atoms with Crippen LogP contribution in [0.25, 0.3) is 0 Å². The number of hydrogen-bond acceptors (Lipinski definition) is 4. The molecule has 0 saturated carbocycles. The van der Waals surface area contributed by atoms with Crippen LogP contribution in [0, 0.1) is 13.8 Å². The van der Waals surface area contributed by atoms with E-state index >= 15 is 0 Å². The molecule has 3 rings (SSSR count). The maximum atomic E-state index is 12.8. The molecule has 2 amide bonds. The summed E-state index contributed by atoms with van der Waals surface area (Å²) < 4.78 is 44.4. The van der Waals surface area contributed by atoms with Gasteiger partial charge < -0.3 is 15.4 Å². The molecular weight excluding hydrogens is 389 g/mol. The fraction of sp³-hybridized carbons (Fsp3) is 0.316. The number of esters is 1. The minimum Gasteiger partial charge on any atom is -0.466 e. The van der Waals surface area contributed by atoms with Crippen LogP contribution >= 0.6 is 0 Å². The van der Waals surface area contributed by atoms with Crippen molar-refractivity contribution < 1.29 is 27.5 Å². The van der Waals surface area contributed by atoms with Gasteiger partial charge in [-0.3, -0.25) is 4.68 Å². The maximum Gasteiger partial charge on any atom is 0.435 e. The first kappa shape index (κ1) is 20.4. The van der Waals surface area contributed by atoms with E-state index in [0.29, 0.717) is 5.56 Å². The Morgan fingerprint density at radius 2 is 2.00 bits per heavy atom. The van der Waals surface area contributed by atoms with E-state index in [2.05, 4.69) is 15.7 Å². The topological polar surface area (TPSA) is 85.2 Å². The Morgan fingerprint density at radius 3 is 2.62 bits per heavy atom. The number of halogens is 3. The van der Waals surface area contributed by atoms with E-state index in [1.54, 1.807) is 0 Å². The number of aromatic nitrogens is 2. The molecule has 1 atom stereocenters. The molecule has 0 fully saturated rings. The van der Waals surface area contributed by atoms with Gasteiger partial charge in [0.15, 0.2) is 5.69 Å². The predicted octanol–water partition coefficient (Wildman–Crippen LogP) is 3.00. The van der Waals surface area contributed by atoms with E-state index in [9.17, 15) is 22.8 Å². The highest BCUT2D eigenvalue weighted by Gasteiger charge is 2.36. The van der Waals surface area contributed by atoms with Crippen LogP contribution < -0.4 is 10.6 Å². The molecule has 0 bridgehead atoms. The largest absolute Gasteiger partial charge is 0.466 e. The first-order chi connectivity index (χ1) is 13.6. The van der Waals surface area contributed by atoms with Crippen molar-refractivity contribution in [2.75, 3.05) is 7.11 Å². The number of ether oxygens (including phenoxy) is 1. The molecule has 1 aliphatic rings. The van der Waals surface area contributed by atoms with Crippen LogP contribution in [0.5, 0.6) is 0 Å². The van der Waals surface area contributed by atoms with Crippen LogP contribution in [0.15, 0.2) is 41.7 Å². The number of carbonyl (C=O) groups excluding carboxylic acids is 2. The minimum absolute atomic E-state index is 0.102. The molecule has 10 heteroatoms. The Hall–Kier alpha value is -3.30. The molecule has 1 aromatic carbocycles. The van der Waals surface area contributed by atoms with Crippen LogP contribution in [0.4, 0.5) is 18.0 Å². The van der Waals surface area contributed by atoms with Crippen LogP contribution in [0.1, 0.15) is 28.4 Å². The number of nitrogens with one attached hydrogen (secondary N) is 2. The van der Waals surface area contributed by atoms with Crippen LogP contribution in [0.2, 0.25) is 0 Å². The standard InChI is InChI=1S/C19H19F3N4O3/c1-10-4-5-11(2)12(8-10)16-15(17(27)29-3)13(23-18(28)24-16)9-26-7-6-14(25-26)19(20,21)22/h4-8,16H,9H2,1-3H3,(H2,23,24,28)/t16-/m1/s1. The third-order valence-electron chi connectivity index (χ3n) is 4.56. The zero-order chi connectivity index (χ0) is 21.3. The summed E-state index contributed by atoms with van der Waals surface area (Å²) in [6.45, 7) is 3.46. The van der Waals surface area contributed by atoms with Gasteiger partial charge in [-0.2, -0.15) is 18.3 Å². The van der Waals surface area contributed by atoms with E-state index < -0.39 is 29.9 Å². The second-order valence-electron chi connectivity index (χ2n) is 6.67. The van der Waals surface area contributed by atoms with Crippen molar-refractivity contribution in [3.8, 4) is 0 Å². The molecule has 2 N–H and O–H groups in total. The Balaban J connectivity index is 2.08. The summed E-state index contributed by atoms with van der Waals surface area (Å²) in [4.78, 5) is 24.8. The number of nitrogens with zero attached hydrogens (tertiary/aromatic N) is 2. The number of methoxy groups -OCH3 is 1. The zero-order valence-electron chi connectivity index (χ0n) is 15.9. The van der Waals surface area contributed by atoms with E-state index in [1.165, 1.54) is 7.11 Å². The van der Waals surface area contributed by atoms with Gasteiger partial charge in [0, 0.05) is 6.20 Å². The number of allylic oxidation sites excluding steroid dienone is 1. The number of hydrogen-bond donors (Lipinski definition) is 2. The highest BCUT2D eigenvalue weighted by molar-refractivity contribution is 5.95. The normalized spacial score (nSPS) is 17.0. The lowest BCUT2D eigenvalue weighted by molar-refractivity contribution is -0.141. The number of amides is 2. The number of aryl methyl sites for hydroxylation is 2. The molecule has 0 spiro atoms. The predicted molar refractivity (Wildman–Crippen MR) is 96.6 cm³/mol. The Labute approximate surface area is 164 Å². The van der Waals surface area contributed by atoms with Crippen molar-refractivity contribution in [1.82, 2.24) is 20.4 Å². The summed E-state index contributed by atoms with van der Waals surface area (Å²) in [5.74, 6) is -0.707. The quantitative estimate of drug-likeness (QED) is 0.762. The van der Waals surface area contributed by atoms with Gasteiger partial charge in [0.05, 0.1) is 31.0 Å². The highest BCUT2D eigenvalue weighted by Crippen LogP contribution is 2.31. The molecule has 2 aromatic rings. The SMILES string of the molecule is COC(=O)C1=C(Cn2ccc(C(F)(F)F)n2)NC(=O)N[C@@H]1c1cc(C)ccc1C. The van der Waals surface area contributed by atoms with Gasteiger partial charge in [0.2, 0.25) is 0 Å². The summed E-state index contributed by atoms with van der Waals surface area (Å²) in [5, 5.41) is 8.67. The van der Waals surface area contributed by atoms with Crippen LogP contribution in [-0.4, -0.2) is 28.9 Å². The van der Waals surface area contributed by atoms with E-state index in [1.807, 2.05) is 32.0 Å². The molecule has 0 saturated heterocycles. The molecule has 0 unspecified atom stereocenters. The first-order valence-electron chi connectivity index (χ1n) is 8.67. The van der Waals surface area contributed by atoms with Crippen LogP contribution in [-0.2, 0) is 22.3 Å². The van der Waals surface area contributed by atoms with Gasteiger partial charge in [-0.05, 0) is 31.0 Å². The number of rotatable bonds is 4. The third kappa shape index (κ3) is 4.25. The van der Waals surface area contributed by atoms with E-state index in [4.69, 9.17) is 4.74 Å². The Kier molecular flexibility index (Phi) is 5.36. The number of carbonyl (C=O) groups is 2. The van der Waals surface area contributed by atoms with Crippen molar-refractivity contribution in [2.24, 2.45) is 0 Å². The lowest BCUT2D eigenvalue weighted by Crippen LogP contribution is -2.47. The molecule has 7 nitrogen and oxygen atoms in total. The minimum atomic E-state index is -4.59. The second kappa shape index (κ2) is 7.61. The molecule has 154 valence electrons. The number of alkyl halides is 3. The van der Waals surface area contributed by atoms with Crippen molar-refractivity contribution in [2.45, 2.75) is 32.6 Å². The second-order valence-corrected chi connectivity index (χ2v) is 6.67. The average molecular weight is 408 g/mol. The molecule has 2 heterocycles. The summed E-state index contributed by atoms with van der Waals surface area (Å²) in [7, 11) is 1.19. The number of urea groups is 1. The van der Waals surface area contributed by atoms with Gasteiger partial charge in [-0.25, -0.2) is 9.59 Å². The monoisotopic (exact) mass is 408 g/mol. The first-order valence-corrected chi connectivity index (χ1v) is 8.67. The fourth-order valence-electron chi connectivity index (χ4n) is 3.16. The molecule has 1 aromatic heterocycles. The van der Waals surface area contributed by atoms with Gasteiger partial charge in [0.25, 0.3) is 0 Å². The summed E-state index contributed by atoms with van der Waals surface area (Å²) >= 11 is 0. The average Bonchev–Trinajstić information content (AvgIpc) is 3.11. The summed E-state index contributed by atoms with van der Waals surface area (Å²) in [5.41, 5.74) is 1.60. The molecule has 1 aliphatic heterocycles. The Bertz CT molecular complexity index is 995. The van der Waals surface area contributed by atoms with Gasteiger partial charge >= 0.3 is 18.2 Å². The lowest BCUT2D eigenvalue weighted by Gasteiger charge is -2.30. The molecule has 29 heavy (non-hydrogen) atoms. The van der Waals surface area contributed by atoms with Crippen molar-refractivity contribution >= 4 is 12.0 Å². The van der Waals surface area contributed by atoms with Crippen molar-refractivity contribution in [3.05, 3.63) is 64.1 Å². The molecule has 0 aliphatic carbocycles. The number of benzene rings is 1. The molecular formula is C19H19F3N4O3. The van der Waals surface area contributed by atoms with Crippen molar-refractivity contribution in [1.29, 1.82) is 0 Å². The van der Waals surface area contributed by atoms with Gasteiger partial charge in [0.1, 0.15) is 0 Å². The fourth-order valence-corrected chi connectivity index (χ4v) is 3.16. The van der Waals surface area contributed by atoms with Gasteiger partial charge in [-0.15, -0.1) is 0 Å². The smallest absolute Gasteiger partial charge is 0.435 e. The highest BCUT2D eigenvalue weighted by atomic mass is 19.4. The summed E-state index contributed by atoms with van der Waals surface area (Å²) in [6, 6.07) is 5.01. The zero-order valence-corrected chi connectivity index (χ0v) is 15.9. The lowest BCUT2D eigenvalue weighted by atomic mass is 9.91. The molecule has 0 radical (unpaired) electrons. The third-order valence-corrected chi connectivity index (χ3v) is 4.56. The maximum absolute atomic E-state index is 12.8. The summed E-state index contributed by atoms with van der Waals surface area (Å²) in [6.07, 6.45) is -3.46.